The Morgan fingerprint density at radius 1 is 0.929 bits per heavy atom. The number of hydrogen-bond donors (Lipinski definition) is 2. The largest absolute Gasteiger partial charge is 0.484 e. The maximum absolute atomic E-state index is 11.9. The van der Waals surface area contributed by atoms with Crippen LogP contribution in [0.3, 0.4) is 0 Å². The summed E-state index contributed by atoms with van der Waals surface area (Å²) in [5, 5.41) is 14.7. The molecule has 3 aromatic carbocycles. The van der Waals surface area contributed by atoms with E-state index in [2.05, 4.69) is 10.5 Å². The van der Waals surface area contributed by atoms with Crippen molar-refractivity contribution in [2.45, 2.75) is 0 Å². The van der Waals surface area contributed by atoms with Crippen LogP contribution >= 0.6 is 0 Å². The summed E-state index contributed by atoms with van der Waals surface area (Å²) in [6.45, 7) is -0.649. The maximum Gasteiger partial charge on any atom is 0.341 e. The molecule has 28 heavy (non-hydrogen) atoms. The normalized spacial score (nSPS) is 10.7. The number of benzene rings is 3. The minimum absolute atomic E-state index is 0.188. The second-order valence-corrected chi connectivity index (χ2v) is 5.81. The number of ether oxygens (including phenoxy) is 2. The fourth-order valence-corrected chi connectivity index (χ4v) is 2.47. The average Bonchev–Trinajstić information content (AvgIpc) is 2.71. The zero-order chi connectivity index (χ0) is 19.8. The van der Waals surface area contributed by atoms with Crippen LogP contribution in [0, 0.1) is 0 Å². The average molecular weight is 378 g/mol. The first-order valence-electron chi connectivity index (χ1n) is 8.49. The number of carboxylic acids is 1. The Balaban J connectivity index is 1.53. The molecule has 3 aromatic rings. The van der Waals surface area contributed by atoms with E-state index in [1.165, 1.54) is 6.21 Å². The van der Waals surface area contributed by atoms with Crippen molar-refractivity contribution in [2.75, 3.05) is 13.2 Å². The van der Waals surface area contributed by atoms with Crippen molar-refractivity contribution in [3.8, 4) is 11.5 Å². The lowest BCUT2D eigenvalue weighted by Crippen LogP contribution is -2.24. The fraction of sp³-hybridized carbons (Fsp3) is 0.0952. The molecule has 0 bridgehead atoms. The molecule has 0 saturated carbocycles. The van der Waals surface area contributed by atoms with Gasteiger partial charge in [-0.1, -0.05) is 42.5 Å². The minimum Gasteiger partial charge on any atom is -0.484 e. The first kappa shape index (κ1) is 18.9. The predicted molar refractivity (Wildman–Crippen MR) is 105 cm³/mol. The molecule has 2 N–H and O–H groups in total. The highest BCUT2D eigenvalue weighted by Gasteiger charge is 2.05. The van der Waals surface area contributed by atoms with E-state index in [4.69, 9.17) is 14.6 Å². The Bertz CT molecular complexity index is 1020. The van der Waals surface area contributed by atoms with Crippen molar-refractivity contribution in [2.24, 2.45) is 5.10 Å². The van der Waals surface area contributed by atoms with E-state index in [0.29, 0.717) is 17.1 Å². The molecule has 0 atom stereocenters. The standard InChI is InChI=1S/C21H18N2O5/c24-20(13-27-18-10-9-15-5-1-2-6-16(15)11-18)23-22-12-17-7-3-4-8-19(17)28-14-21(25)26/h1-12H,13-14H2,(H,23,24)(H,25,26). The molecule has 3 rings (SSSR count). The van der Waals surface area contributed by atoms with Gasteiger partial charge in [-0.05, 0) is 35.0 Å². The van der Waals surface area contributed by atoms with Crippen LogP contribution < -0.4 is 14.9 Å². The van der Waals surface area contributed by atoms with Crippen LogP contribution in [0.25, 0.3) is 10.8 Å². The highest BCUT2D eigenvalue weighted by molar-refractivity contribution is 5.86. The van der Waals surface area contributed by atoms with E-state index >= 15 is 0 Å². The van der Waals surface area contributed by atoms with Gasteiger partial charge in [-0.3, -0.25) is 4.79 Å². The third-order valence-electron chi connectivity index (χ3n) is 3.75. The quantitative estimate of drug-likeness (QED) is 0.464. The van der Waals surface area contributed by atoms with Crippen molar-refractivity contribution in [3.05, 3.63) is 72.3 Å². The number of carbonyl (C=O) groups is 2. The topological polar surface area (TPSA) is 97.2 Å². The molecule has 0 unspecified atom stereocenters. The second-order valence-electron chi connectivity index (χ2n) is 5.81. The number of hydrogen-bond acceptors (Lipinski definition) is 5. The lowest BCUT2D eigenvalue weighted by Gasteiger charge is -2.07. The van der Waals surface area contributed by atoms with Crippen molar-refractivity contribution in [3.63, 3.8) is 0 Å². The molecule has 7 nitrogen and oxygen atoms in total. The molecule has 142 valence electrons. The Labute approximate surface area is 161 Å². The van der Waals surface area contributed by atoms with Gasteiger partial charge < -0.3 is 14.6 Å². The number of nitrogens with one attached hydrogen (secondary N) is 1. The number of hydrazone groups is 1. The van der Waals surface area contributed by atoms with Gasteiger partial charge in [0, 0.05) is 5.56 Å². The zero-order valence-electron chi connectivity index (χ0n) is 14.9. The number of carbonyl (C=O) groups excluding carboxylic acids is 1. The van der Waals surface area contributed by atoms with Crippen LogP contribution in [0.2, 0.25) is 0 Å². The molecule has 0 radical (unpaired) electrons. The Morgan fingerprint density at radius 3 is 2.50 bits per heavy atom. The summed E-state index contributed by atoms with van der Waals surface area (Å²) in [5.74, 6) is -0.556. The highest BCUT2D eigenvalue weighted by atomic mass is 16.5. The molecule has 7 heteroatoms. The lowest BCUT2D eigenvalue weighted by molar-refractivity contribution is -0.139. The summed E-state index contributed by atoms with van der Waals surface area (Å²) >= 11 is 0. The van der Waals surface area contributed by atoms with Gasteiger partial charge in [-0.2, -0.15) is 5.10 Å². The number of fused-ring (bicyclic) bond motifs is 1. The molecule has 0 spiro atoms. The summed E-state index contributed by atoms with van der Waals surface area (Å²) < 4.78 is 10.7. The van der Waals surface area contributed by atoms with Crippen molar-refractivity contribution < 1.29 is 24.2 Å². The molecular weight excluding hydrogens is 360 g/mol. The maximum atomic E-state index is 11.9. The van der Waals surface area contributed by atoms with Gasteiger partial charge in [-0.25, -0.2) is 10.2 Å². The second kappa shape index (κ2) is 9.18. The van der Waals surface area contributed by atoms with Crippen LogP contribution in [-0.4, -0.2) is 36.4 Å². The number of aliphatic carboxylic acids is 1. The van der Waals surface area contributed by atoms with Crippen molar-refractivity contribution in [1.29, 1.82) is 0 Å². The van der Waals surface area contributed by atoms with Crippen molar-refractivity contribution >= 4 is 28.9 Å². The first-order chi connectivity index (χ1) is 13.6. The molecule has 0 aliphatic carbocycles. The minimum atomic E-state index is -1.08. The molecule has 0 aromatic heterocycles. The van der Waals surface area contributed by atoms with Crippen LogP contribution in [0.1, 0.15) is 5.56 Å². The van der Waals surface area contributed by atoms with Gasteiger partial charge in [0.15, 0.2) is 13.2 Å². The van der Waals surface area contributed by atoms with Crippen LogP contribution in [-0.2, 0) is 9.59 Å². The zero-order valence-corrected chi connectivity index (χ0v) is 14.9. The van der Waals surface area contributed by atoms with Gasteiger partial charge in [0.2, 0.25) is 0 Å². The molecule has 0 saturated heterocycles. The summed E-state index contributed by atoms with van der Waals surface area (Å²) in [6, 6.07) is 20.2. The van der Waals surface area contributed by atoms with E-state index < -0.39 is 18.5 Å². The Hall–Kier alpha value is -3.87. The predicted octanol–water partition coefficient (Wildman–Crippen LogP) is 2.83. The number of amides is 1. The molecule has 1 amide bonds. The van der Waals surface area contributed by atoms with Gasteiger partial charge in [0.25, 0.3) is 5.91 Å². The lowest BCUT2D eigenvalue weighted by atomic mass is 10.1. The fourth-order valence-electron chi connectivity index (χ4n) is 2.47. The molecule has 0 aliphatic rings. The molecule has 0 aliphatic heterocycles. The van der Waals surface area contributed by atoms with E-state index in [0.717, 1.165) is 10.8 Å². The molecular formula is C21H18N2O5. The number of nitrogens with zero attached hydrogens (tertiary/aromatic N) is 1. The summed E-state index contributed by atoms with van der Waals surface area (Å²) in [4.78, 5) is 22.5. The van der Waals surface area contributed by atoms with Gasteiger partial charge in [-0.15, -0.1) is 0 Å². The summed E-state index contributed by atoms with van der Waals surface area (Å²) in [7, 11) is 0. The first-order valence-corrected chi connectivity index (χ1v) is 8.49. The van der Waals surface area contributed by atoms with Crippen molar-refractivity contribution in [1.82, 2.24) is 5.43 Å². The number of rotatable bonds is 8. The van der Waals surface area contributed by atoms with E-state index in [9.17, 15) is 9.59 Å². The third kappa shape index (κ3) is 5.31. The molecule has 0 heterocycles. The Morgan fingerprint density at radius 2 is 1.68 bits per heavy atom. The van der Waals surface area contributed by atoms with E-state index in [1.807, 2.05) is 36.4 Å². The molecule has 0 fully saturated rings. The summed E-state index contributed by atoms with van der Waals surface area (Å²) in [6.07, 6.45) is 1.38. The van der Waals surface area contributed by atoms with Crippen LogP contribution in [0.5, 0.6) is 11.5 Å². The highest BCUT2D eigenvalue weighted by Crippen LogP contribution is 2.20. The van der Waals surface area contributed by atoms with E-state index in [-0.39, 0.29) is 6.61 Å². The van der Waals surface area contributed by atoms with Crippen LogP contribution in [0.15, 0.2) is 71.8 Å². The van der Waals surface area contributed by atoms with E-state index in [1.54, 1.807) is 30.3 Å². The van der Waals surface area contributed by atoms with Gasteiger partial charge >= 0.3 is 5.97 Å². The number of para-hydroxylation sites is 1. The SMILES string of the molecule is O=C(O)COc1ccccc1C=NNC(=O)COc1ccc2ccccc2c1. The summed E-state index contributed by atoms with van der Waals surface area (Å²) in [5.41, 5.74) is 2.91. The van der Waals surface area contributed by atoms with Gasteiger partial charge in [0.05, 0.1) is 6.21 Å². The smallest absolute Gasteiger partial charge is 0.341 e. The monoisotopic (exact) mass is 378 g/mol. The van der Waals surface area contributed by atoms with Crippen LogP contribution in [0.4, 0.5) is 0 Å². The third-order valence-corrected chi connectivity index (χ3v) is 3.75. The number of carboxylic acid groups (broad SMARTS) is 1. The van der Waals surface area contributed by atoms with Gasteiger partial charge in [0.1, 0.15) is 11.5 Å². The Kier molecular flexibility index (Phi) is 6.20.